The van der Waals surface area contributed by atoms with Gasteiger partial charge in [-0.15, -0.1) is 0 Å². The molecule has 2 amide bonds. The Kier molecular flexibility index (Phi) is 15.7. The third kappa shape index (κ3) is 14.7. The van der Waals surface area contributed by atoms with Crippen molar-refractivity contribution >= 4 is 11.8 Å². The highest BCUT2D eigenvalue weighted by molar-refractivity contribution is 5.73. The number of primary amides is 2. The molecule has 2 saturated carbocycles. The number of unbranched alkanes of at least 4 members (excludes halogenated alkanes) is 7. The summed E-state index contributed by atoms with van der Waals surface area (Å²) in [5.74, 6) is 2.94. The molecule has 2 aliphatic rings. The summed E-state index contributed by atoms with van der Waals surface area (Å²) < 4.78 is 0. The van der Waals surface area contributed by atoms with Crippen molar-refractivity contribution in [2.24, 2.45) is 46.6 Å². The van der Waals surface area contributed by atoms with Gasteiger partial charge >= 0.3 is 0 Å². The Balaban J connectivity index is 0.000000331. The first-order chi connectivity index (χ1) is 15.7. The molecule has 194 valence electrons. The van der Waals surface area contributed by atoms with Crippen LogP contribution < -0.4 is 22.9 Å². The summed E-state index contributed by atoms with van der Waals surface area (Å²) in [5.41, 5.74) is 22.3. The first kappa shape index (κ1) is 29.9. The molecule has 0 radical (unpaired) electrons. The molecule has 6 atom stereocenters. The Hall–Kier alpha value is -1.14. The molecule has 0 bridgehead atoms. The van der Waals surface area contributed by atoms with Gasteiger partial charge in [-0.1, -0.05) is 52.4 Å². The molecule has 33 heavy (non-hydrogen) atoms. The highest BCUT2D eigenvalue weighted by Crippen LogP contribution is 2.38. The third-order valence-corrected chi connectivity index (χ3v) is 7.95. The van der Waals surface area contributed by atoms with Crippen LogP contribution in [0, 0.1) is 23.7 Å². The smallest absolute Gasteiger partial charge is 0.217 e. The number of hydrogen-bond donors (Lipinski definition) is 4. The molecule has 0 aromatic rings. The standard InChI is InChI=1S/C15H30N2.C12H24N2O2/c1-10-7-12(3-5-14(10)16)9-13-4-6-15(17)11(2)8-13;13-11(15)9-7-5-3-1-2-4-6-8-10-12(14)16/h10-15H,3-9,16-17H2,1-2H3;1-10H2,(H2,13,15)(H2,14,16). The SMILES string of the molecule is CC1CC(CC2CCC(N)C(C)C2)CCC1N.NC(=O)CCCCCCCCCCC(N)=O. The molecule has 2 fully saturated rings. The second-order valence-corrected chi connectivity index (χ2v) is 11.1. The fraction of sp³-hybridized carbons (Fsp3) is 0.926. The molecular weight excluding hydrogens is 412 g/mol. The van der Waals surface area contributed by atoms with Crippen molar-refractivity contribution in [2.75, 3.05) is 0 Å². The first-order valence-electron chi connectivity index (χ1n) is 13.8. The van der Waals surface area contributed by atoms with Crippen molar-refractivity contribution in [3.8, 4) is 0 Å². The average molecular weight is 467 g/mol. The maximum absolute atomic E-state index is 10.4. The maximum Gasteiger partial charge on any atom is 0.217 e. The zero-order valence-electron chi connectivity index (χ0n) is 21.6. The molecule has 6 unspecified atom stereocenters. The van der Waals surface area contributed by atoms with E-state index >= 15 is 0 Å². The molecule has 0 heterocycles. The molecule has 0 saturated heterocycles. The van der Waals surface area contributed by atoms with E-state index in [0.29, 0.717) is 24.9 Å². The second kappa shape index (κ2) is 17.3. The number of nitrogens with two attached hydrogens (primary N) is 4. The number of carbonyl (C=O) groups excluding carboxylic acids is 2. The fourth-order valence-electron chi connectivity index (χ4n) is 5.62. The van der Waals surface area contributed by atoms with Gasteiger partial charge in [-0.05, 0) is 81.5 Å². The lowest BCUT2D eigenvalue weighted by molar-refractivity contribution is -0.119. The van der Waals surface area contributed by atoms with Crippen LogP contribution in [0.15, 0.2) is 0 Å². The van der Waals surface area contributed by atoms with E-state index in [0.717, 1.165) is 49.4 Å². The quantitative estimate of drug-likeness (QED) is 0.291. The van der Waals surface area contributed by atoms with Crippen molar-refractivity contribution in [2.45, 2.75) is 135 Å². The van der Waals surface area contributed by atoms with E-state index in [1.807, 2.05) is 0 Å². The fourth-order valence-corrected chi connectivity index (χ4v) is 5.62. The van der Waals surface area contributed by atoms with E-state index < -0.39 is 0 Å². The van der Waals surface area contributed by atoms with Crippen LogP contribution in [0.1, 0.15) is 123 Å². The Labute approximate surface area is 203 Å². The Morgan fingerprint density at radius 2 is 0.939 bits per heavy atom. The predicted octanol–water partition coefficient (Wildman–Crippen LogP) is 4.76. The summed E-state index contributed by atoms with van der Waals surface area (Å²) in [7, 11) is 0. The number of rotatable bonds is 13. The van der Waals surface area contributed by atoms with Gasteiger partial charge < -0.3 is 22.9 Å². The Bertz CT molecular complexity index is 496. The minimum Gasteiger partial charge on any atom is -0.370 e. The van der Waals surface area contributed by atoms with E-state index in [1.54, 1.807) is 0 Å². The predicted molar refractivity (Wildman–Crippen MR) is 138 cm³/mol. The van der Waals surface area contributed by atoms with Crippen molar-refractivity contribution in [1.82, 2.24) is 0 Å². The molecule has 0 aromatic carbocycles. The zero-order chi connectivity index (χ0) is 24.6. The largest absolute Gasteiger partial charge is 0.370 e. The van der Waals surface area contributed by atoms with Crippen LogP contribution in [-0.2, 0) is 9.59 Å². The van der Waals surface area contributed by atoms with Crippen LogP contribution in [-0.4, -0.2) is 23.9 Å². The summed E-state index contributed by atoms with van der Waals surface area (Å²) in [6, 6.07) is 0.926. The summed E-state index contributed by atoms with van der Waals surface area (Å²) in [4.78, 5) is 20.9. The van der Waals surface area contributed by atoms with E-state index in [9.17, 15) is 9.59 Å². The van der Waals surface area contributed by atoms with E-state index in [-0.39, 0.29) is 11.8 Å². The summed E-state index contributed by atoms with van der Waals surface area (Å²) in [6.45, 7) is 4.66. The van der Waals surface area contributed by atoms with Gasteiger partial charge in [0.2, 0.25) is 11.8 Å². The number of carbonyl (C=O) groups is 2. The molecule has 0 aromatic heterocycles. The number of amides is 2. The van der Waals surface area contributed by atoms with Gasteiger partial charge in [0.05, 0.1) is 0 Å². The highest BCUT2D eigenvalue weighted by Gasteiger charge is 2.30. The van der Waals surface area contributed by atoms with E-state index in [1.165, 1.54) is 70.6 Å². The van der Waals surface area contributed by atoms with E-state index in [4.69, 9.17) is 22.9 Å². The molecular formula is C27H54N4O2. The van der Waals surface area contributed by atoms with Crippen LogP contribution in [0.4, 0.5) is 0 Å². The van der Waals surface area contributed by atoms with Crippen LogP contribution in [0.5, 0.6) is 0 Å². The minimum absolute atomic E-state index is 0.202. The number of hydrogen-bond acceptors (Lipinski definition) is 4. The highest BCUT2D eigenvalue weighted by atomic mass is 16.1. The Morgan fingerprint density at radius 1 is 0.606 bits per heavy atom. The van der Waals surface area contributed by atoms with Crippen molar-refractivity contribution in [1.29, 1.82) is 0 Å². The molecule has 6 heteroatoms. The topological polar surface area (TPSA) is 138 Å². The summed E-state index contributed by atoms with van der Waals surface area (Å²) in [6.07, 6.45) is 19.1. The Morgan fingerprint density at radius 3 is 1.24 bits per heavy atom. The first-order valence-corrected chi connectivity index (χ1v) is 13.8. The molecule has 0 aliphatic heterocycles. The van der Waals surface area contributed by atoms with Gasteiger partial charge in [-0.25, -0.2) is 0 Å². The van der Waals surface area contributed by atoms with Gasteiger partial charge in [0.25, 0.3) is 0 Å². The monoisotopic (exact) mass is 466 g/mol. The normalized spacial score (nSPS) is 29.7. The lowest BCUT2D eigenvalue weighted by Gasteiger charge is -2.37. The van der Waals surface area contributed by atoms with Gasteiger partial charge in [-0.3, -0.25) is 9.59 Å². The van der Waals surface area contributed by atoms with Crippen LogP contribution in [0.2, 0.25) is 0 Å². The summed E-state index contributed by atoms with van der Waals surface area (Å²) in [5, 5.41) is 0. The van der Waals surface area contributed by atoms with Gasteiger partial charge in [-0.2, -0.15) is 0 Å². The van der Waals surface area contributed by atoms with E-state index in [2.05, 4.69) is 13.8 Å². The molecule has 0 spiro atoms. The van der Waals surface area contributed by atoms with Crippen molar-refractivity contribution in [3.05, 3.63) is 0 Å². The molecule has 6 nitrogen and oxygen atoms in total. The lowest BCUT2D eigenvalue weighted by atomic mass is 9.71. The van der Waals surface area contributed by atoms with Crippen LogP contribution in [0.25, 0.3) is 0 Å². The van der Waals surface area contributed by atoms with Crippen LogP contribution in [0.3, 0.4) is 0 Å². The average Bonchev–Trinajstić information content (AvgIpc) is 2.75. The third-order valence-electron chi connectivity index (χ3n) is 7.95. The van der Waals surface area contributed by atoms with Crippen molar-refractivity contribution in [3.63, 3.8) is 0 Å². The van der Waals surface area contributed by atoms with Gasteiger partial charge in [0.15, 0.2) is 0 Å². The molecule has 2 rings (SSSR count). The van der Waals surface area contributed by atoms with Crippen molar-refractivity contribution < 1.29 is 9.59 Å². The second-order valence-electron chi connectivity index (χ2n) is 11.1. The maximum atomic E-state index is 10.4. The lowest BCUT2D eigenvalue weighted by Crippen LogP contribution is -2.37. The zero-order valence-corrected chi connectivity index (χ0v) is 21.6. The molecule has 2 aliphatic carbocycles. The molecule has 8 N–H and O–H groups in total. The summed E-state index contributed by atoms with van der Waals surface area (Å²) >= 11 is 0. The van der Waals surface area contributed by atoms with Crippen LogP contribution >= 0.6 is 0 Å². The van der Waals surface area contributed by atoms with Gasteiger partial charge in [0.1, 0.15) is 0 Å². The minimum atomic E-state index is -0.202. The van der Waals surface area contributed by atoms with Gasteiger partial charge in [0, 0.05) is 24.9 Å².